The fourth-order valence-electron chi connectivity index (χ4n) is 3.24. The van der Waals surface area contributed by atoms with Crippen LogP contribution in [0.2, 0.25) is 0 Å². The molecule has 1 aliphatic heterocycles. The summed E-state index contributed by atoms with van der Waals surface area (Å²) in [6, 6.07) is 14.4. The van der Waals surface area contributed by atoms with Crippen LogP contribution in [0.3, 0.4) is 0 Å². The van der Waals surface area contributed by atoms with Crippen molar-refractivity contribution in [1.82, 2.24) is 15.5 Å². The van der Waals surface area contributed by atoms with Crippen LogP contribution in [0.15, 0.2) is 48.5 Å². The highest BCUT2D eigenvalue weighted by Crippen LogP contribution is 2.37. The number of allylic oxidation sites excluding steroid dienone is 1. The van der Waals surface area contributed by atoms with Gasteiger partial charge < -0.3 is 5.32 Å². The molecule has 2 aliphatic rings. The monoisotopic (exact) mass is 263 g/mol. The molecule has 2 aromatic rings. The maximum Gasteiger partial charge on any atom is 0.0930 e. The second-order valence-electron chi connectivity index (χ2n) is 5.65. The van der Waals surface area contributed by atoms with E-state index < -0.39 is 0 Å². The Hall–Kier alpha value is -2.00. The van der Waals surface area contributed by atoms with Crippen LogP contribution in [-0.4, -0.2) is 23.3 Å². The predicted octanol–water partition coefficient (Wildman–Crippen LogP) is 2.77. The molecule has 1 aromatic carbocycles. The van der Waals surface area contributed by atoms with Gasteiger partial charge in [0.05, 0.1) is 11.4 Å². The lowest BCUT2D eigenvalue weighted by Crippen LogP contribution is -2.09. The Morgan fingerprint density at radius 1 is 0.900 bits per heavy atom. The smallest absolute Gasteiger partial charge is 0.0930 e. The van der Waals surface area contributed by atoms with Crippen molar-refractivity contribution in [3.8, 4) is 11.3 Å². The highest BCUT2D eigenvalue weighted by atomic mass is 15.1. The van der Waals surface area contributed by atoms with Crippen molar-refractivity contribution >= 4 is 5.57 Å². The number of fused-ring (bicyclic) bond motifs is 1. The zero-order valence-corrected chi connectivity index (χ0v) is 11.3. The first-order valence-corrected chi connectivity index (χ1v) is 7.21. The lowest BCUT2D eigenvalue weighted by molar-refractivity contribution is 0.536. The zero-order valence-electron chi connectivity index (χ0n) is 11.3. The number of hydrogen-bond acceptors (Lipinski definition) is 3. The van der Waals surface area contributed by atoms with Crippen molar-refractivity contribution in [1.29, 1.82) is 0 Å². The van der Waals surface area contributed by atoms with Crippen LogP contribution in [0.1, 0.15) is 12.1 Å². The summed E-state index contributed by atoms with van der Waals surface area (Å²) in [4.78, 5) is 0. The SMILES string of the molecule is C1=C(c2ccc(-c3ccccc3)nn2)C[C@H]2CNC[C@@H]12. The Balaban J connectivity index is 1.59. The van der Waals surface area contributed by atoms with Crippen molar-refractivity contribution in [2.75, 3.05) is 13.1 Å². The van der Waals surface area contributed by atoms with Crippen molar-refractivity contribution in [3.05, 3.63) is 54.2 Å². The zero-order chi connectivity index (χ0) is 13.4. The van der Waals surface area contributed by atoms with Crippen molar-refractivity contribution in [2.24, 2.45) is 11.8 Å². The molecule has 2 atom stereocenters. The normalized spacial score (nSPS) is 24.5. The fourth-order valence-corrected chi connectivity index (χ4v) is 3.24. The minimum Gasteiger partial charge on any atom is -0.316 e. The van der Waals surface area contributed by atoms with Crippen LogP contribution < -0.4 is 5.32 Å². The van der Waals surface area contributed by atoms with E-state index in [1.807, 2.05) is 18.2 Å². The van der Waals surface area contributed by atoms with Crippen LogP contribution >= 0.6 is 0 Å². The molecule has 0 spiro atoms. The van der Waals surface area contributed by atoms with E-state index in [0.717, 1.165) is 42.4 Å². The molecule has 1 saturated heterocycles. The predicted molar refractivity (Wildman–Crippen MR) is 79.9 cm³/mol. The van der Waals surface area contributed by atoms with Gasteiger partial charge in [-0.05, 0) is 42.5 Å². The maximum absolute atomic E-state index is 4.43. The lowest BCUT2D eigenvalue weighted by atomic mass is 9.99. The summed E-state index contributed by atoms with van der Waals surface area (Å²) in [5.74, 6) is 1.46. The summed E-state index contributed by atoms with van der Waals surface area (Å²) in [7, 11) is 0. The van der Waals surface area contributed by atoms with Crippen LogP contribution in [0.5, 0.6) is 0 Å². The Morgan fingerprint density at radius 2 is 1.70 bits per heavy atom. The van der Waals surface area contributed by atoms with Crippen LogP contribution in [0.25, 0.3) is 16.8 Å². The highest BCUT2D eigenvalue weighted by molar-refractivity contribution is 5.67. The van der Waals surface area contributed by atoms with Gasteiger partial charge in [0, 0.05) is 12.1 Å². The minimum atomic E-state index is 0.695. The van der Waals surface area contributed by atoms with Gasteiger partial charge in [0.1, 0.15) is 0 Å². The van der Waals surface area contributed by atoms with Crippen molar-refractivity contribution < 1.29 is 0 Å². The van der Waals surface area contributed by atoms with Gasteiger partial charge in [-0.2, -0.15) is 5.10 Å². The fraction of sp³-hybridized carbons (Fsp3) is 0.294. The Labute approximate surface area is 118 Å². The molecule has 100 valence electrons. The van der Waals surface area contributed by atoms with Gasteiger partial charge >= 0.3 is 0 Å². The van der Waals surface area contributed by atoms with E-state index in [0.29, 0.717) is 5.92 Å². The van der Waals surface area contributed by atoms with Crippen LogP contribution in [0.4, 0.5) is 0 Å². The first-order chi connectivity index (χ1) is 9.90. The number of nitrogens with one attached hydrogen (secondary N) is 1. The molecule has 2 heterocycles. The molecule has 1 aliphatic carbocycles. The molecule has 0 unspecified atom stereocenters. The molecule has 3 heteroatoms. The summed E-state index contributed by atoms with van der Waals surface area (Å²) >= 11 is 0. The first kappa shape index (κ1) is 11.8. The molecule has 1 fully saturated rings. The maximum atomic E-state index is 4.43. The van der Waals surface area contributed by atoms with Gasteiger partial charge in [-0.15, -0.1) is 5.10 Å². The Morgan fingerprint density at radius 3 is 2.45 bits per heavy atom. The van der Waals surface area contributed by atoms with E-state index in [2.05, 4.69) is 45.9 Å². The molecule has 1 aromatic heterocycles. The first-order valence-electron chi connectivity index (χ1n) is 7.21. The van der Waals surface area contributed by atoms with Gasteiger partial charge in [-0.1, -0.05) is 36.4 Å². The standard InChI is InChI=1S/C17H17N3/c1-2-4-12(5-3-1)16-6-7-17(20-19-16)13-8-14-10-18-11-15(14)9-13/h1-8,14-15,18H,9-11H2/t14-,15+/m1/s1. The van der Waals surface area contributed by atoms with E-state index >= 15 is 0 Å². The second kappa shape index (κ2) is 4.84. The summed E-state index contributed by atoms with van der Waals surface area (Å²) in [6.45, 7) is 2.25. The third-order valence-corrected chi connectivity index (χ3v) is 4.35. The topological polar surface area (TPSA) is 37.8 Å². The molecular weight excluding hydrogens is 246 g/mol. The van der Waals surface area contributed by atoms with E-state index in [9.17, 15) is 0 Å². The molecular formula is C17H17N3. The molecule has 4 rings (SSSR count). The molecule has 0 bridgehead atoms. The van der Waals surface area contributed by atoms with Crippen molar-refractivity contribution in [3.63, 3.8) is 0 Å². The van der Waals surface area contributed by atoms with Gasteiger partial charge in [-0.25, -0.2) is 0 Å². The van der Waals surface area contributed by atoms with E-state index in [4.69, 9.17) is 0 Å². The number of benzene rings is 1. The number of rotatable bonds is 2. The molecule has 3 nitrogen and oxygen atoms in total. The molecule has 0 amide bonds. The summed E-state index contributed by atoms with van der Waals surface area (Å²) in [6.07, 6.45) is 3.52. The third kappa shape index (κ3) is 2.04. The summed E-state index contributed by atoms with van der Waals surface area (Å²) in [5.41, 5.74) is 4.47. The third-order valence-electron chi connectivity index (χ3n) is 4.35. The molecule has 0 radical (unpaired) electrons. The lowest BCUT2D eigenvalue weighted by Gasteiger charge is -2.06. The highest BCUT2D eigenvalue weighted by Gasteiger charge is 2.32. The van der Waals surface area contributed by atoms with Crippen LogP contribution in [0, 0.1) is 11.8 Å². The second-order valence-corrected chi connectivity index (χ2v) is 5.65. The van der Waals surface area contributed by atoms with Gasteiger partial charge in [0.15, 0.2) is 0 Å². The average Bonchev–Trinajstić information content (AvgIpc) is 3.10. The van der Waals surface area contributed by atoms with Crippen molar-refractivity contribution in [2.45, 2.75) is 6.42 Å². The summed E-state index contributed by atoms with van der Waals surface area (Å²) in [5, 5.41) is 12.3. The Kier molecular flexibility index (Phi) is 2.85. The number of hydrogen-bond donors (Lipinski definition) is 1. The number of nitrogens with zero attached hydrogens (tertiary/aromatic N) is 2. The van der Waals surface area contributed by atoms with E-state index in [1.165, 1.54) is 5.57 Å². The van der Waals surface area contributed by atoms with Gasteiger partial charge in [-0.3, -0.25) is 0 Å². The van der Waals surface area contributed by atoms with E-state index in [1.54, 1.807) is 0 Å². The Bertz CT molecular complexity index is 631. The quantitative estimate of drug-likeness (QED) is 0.905. The van der Waals surface area contributed by atoms with Gasteiger partial charge in [0.2, 0.25) is 0 Å². The summed E-state index contributed by atoms with van der Waals surface area (Å²) < 4.78 is 0. The molecule has 1 N–H and O–H groups in total. The van der Waals surface area contributed by atoms with E-state index in [-0.39, 0.29) is 0 Å². The largest absolute Gasteiger partial charge is 0.316 e. The molecule has 0 saturated carbocycles. The minimum absolute atomic E-state index is 0.695. The number of aromatic nitrogens is 2. The molecule has 20 heavy (non-hydrogen) atoms. The average molecular weight is 263 g/mol. The van der Waals surface area contributed by atoms with Crippen LogP contribution in [-0.2, 0) is 0 Å². The van der Waals surface area contributed by atoms with Gasteiger partial charge in [0.25, 0.3) is 0 Å².